The van der Waals surface area contributed by atoms with E-state index in [1.807, 2.05) is 0 Å². The monoisotopic (exact) mass is 757 g/mol. The highest BCUT2D eigenvalue weighted by Crippen LogP contribution is 2.31. The Morgan fingerprint density at radius 1 is 0.596 bits per heavy atom. The first-order valence-electron chi connectivity index (χ1n) is 17.4. The van der Waals surface area contributed by atoms with Gasteiger partial charge in [-0.05, 0) is 12.8 Å². The highest BCUT2D eigenvalue weighted by molar-refractivity contribution is 6.01. The fourth-order valence-corrected chi connectivity index (χ4v) is 6.15. The second kappa shape index (κ2) is 20.0. The van der Waals surface area contributed by atoms with Crippen molar-refractivity contribution in [3.05, 3.63) is 0 Å². The molecule has 0 spiro atoms. The maximum absolute atomic E-state index is 11.9. The summed E-state index contributed by atoms with van der Waals surface area (Å²) in [5.41, 5.74) is 0. The summed E-state index contributed by atoms with van der Waals surface area (Å²) in [6.07, 6.45) is -20.6. The minimum absolute atomic E-state index is 0.0145. The quantitative estimate of drug-likeness (QED) is 0.0461. The summed E-state index contributed by atoms with van der Waals surface area (Å²) in [6.45, 7) is -2.01. The zero-order valence-electron chi connectivity index (χ0n) is 28.4. The van der Waals surface area contributed by atoms with Crippen molar-refractivity contribution < 1.29 is 98.7 Å². The van der Waals surface area contributed by atoms with Crippen LogP contribution in [0, 0.1) is 0 Å². The van der Waals surface area contributed by atoms with E-state index in [0.29, 0.717) is 30.7 Å². The molecule has 10 N–H and O–H groups in total. The number of aliphatic hydroxyl groups excluding tert-OH is 10. The molecule has 4 aliphatic heterocycles. The topological polar surface area (TPSA) is 321 Å². The number of hydroxylamine groups is 2. The normalized spacial score (nSPS) is 40.0. The van der Waals surface area contributed by atoms with Crippen LogP contribution >= 0.6 is 0 Å². The Morgan fingerprint density at radius 3 is 1.69 bits per heavy atom. The lowest BCUT2D eigenvalue weighted by Gasteiger charge is -2.46. The molecule has 0 aliphatic carbocycles. The fourth-order valence-electron chi connectivity index (χ4n) is 6.15. The van der Waals surface area contributed by atoms with Crippen molar-refractivity contribution in [1.29, 1.82) is 0 Å². The highest BCUT2D eigenvalue weighted by atomic mass is 16.8. The van der Waals surface area contributed by atoms with Crippen LogP contribution in [0.2, 0.25) is 0 Å². The minimum atomic E-state index is -1.87. The fraction of sp³-hybridized carbons (Fsp3) is 0.903. The Balaban J connectivity index is 1.28. The molecule has 0 aromatic rings. The van der Waals surface area contributed by atoms with Gasteiger partial charge < -0.3 is 84.3 Å². The molecule has 300 valence electrons. The molecule has 4 saturated heterocycles. The van der Waals surface area contributed by atoms with E-state index in [2.05, 4.69) is 0 Å². The maximum atomic E-state index is 11.9. The first-order chi connectivity index (χ1) is 24.8. The number of hydrogen-bond acceptors (Lipinski definition) is 20. The van der Waals surface area contributed by atoms with E-state index in [1.165, 1.54) is 0 Å². The van der Waals surface area contributed by atoms with Gasteiger partial charge in [0.05, 0.1) is 19.8 Å². The van der Waals surface area contributed by atoms with Crippen LogP contribution in [0.15, 0.2) is 0 Å². The van der Waals surface area contributed by atoms with Crippen molar-refractivity contribution in [2.24, 2.45) is 0 Å². The third-order valence-electron chi connectivity index (χ3n) is 9.31. The Hall–Kier alpha value is -2.03. The third-order valence-corrected chi connectivity index (χ3v) is 9.31. The Morgan fingerprint density at radius 2 is 1.10 bits per heavy atom. The van der Waals surface area contributed by atoms with Crippen LogP contribution < -0.4 is 0 Å². The van der Waals surface area contributed by atoms with E-state index in [1.54, 1.807) is 0 Å². The maximum Gasteiger partial charge on any atom is 0.333 e. The Bertz CT molecular complexity index is 1130. The summed E-state index contributed by atoms with van der Waals surface area (Å²) in [4.78, 5) is 39.9. The van der Waals surface area contributed by atoms with Gasteiger partial charge in [0.2, 0.25) is 0 Å². The van der Waals surface area contributed by atoms with Crippen molar-refractivity contribution >= 4 is 17.8 Å². The Kier molecular flexibility index (Phi) is 16.5. The summed E-state index contributed by atoms with van der Waals surface area (Å²) >= 11 is 0. The molecule has 52 heavy (non-hydrogen) atoms. The lowest BCUT2D eigenvalue weighted by Crippen LogP contribution is -2.65. The van der Waals surface area contributed by atoms with Crippen LogP contribution in [0.1, 0.15) is 57.8 Å². The molecule has 2 amide bonds. The predicted molar refractivity (Wildman–Crippen MR) is 164 cm³/mol. The summed E-state index contributed by atoms with van der Waals surface area (Å²) < 4.78 is 33.4. The van der Waals surface area contributed by atoms with Crippen LogP contribution in [0.3, 0.4) is 0 Å². The van der Waals surface area contributed by atoms with Crippen molar-refractivity contribution in [3.63, 3.8) is 0 Å². The molecule has 15 atom stereocenters. The molecule has 0 aromatic heterocycles. The number of carbonyl (C=O) groups excluding carboxylic acids is 3. The van der Waals surface area contributed by atoms with Gasteiger partial charge in [-0.1, -0.05) is 25.7 Å². The van der Waals surface area contributed by atoms with Gasteiger partial charge in [0.25, 0.3) is 11.8 Å². The van der Waals surface area contributed by atoms with Crippen molar-refractivity contribution in [2.45, 2.75) is 150 Å². The largest absolute Gasteiger partial charge is 0.394 e. The zero-order valence-corrected chi connectivity index (χ0v) is 28.4. The predicted octanol–water partition coefficient (Wildman–Crippen LogP) is -5.21. The number of imide groups is 1. The standard InChI is InChI=1S/C31H51NO20/c33-11-14-20(38)23(41)25(43)29(48-14)47-13-16-22(40)28(51-31-26(44)24(42)21(39)15(12-34)49-31)27(45)30(50-16)46-10-6-4-2-1-3-5-7-19(37)52-32-17(35)8-9-18(32)36/h14-16,20-31,33-34,38-45H,1-13H2/t14-,15-,16-,20-,21-,22-,23+,24+,25+,26+,27+,28+,29+,30+,31-/m1/s1. The first kappa shape index (κ1) is 42.7. The lowest BCUT2D eigenvalue weighted by atomic mass is 9.96. The molecule has 0 aromatic carbocycles. The summed E-state index contributed by atoms with van der Waals surface area (Å²) in [6, 6.07) is 0. The molecule has 21 heteroatoms. The van der Waals surface area contributed by atoms with Crippen molar-refractivity contribution in [3.8, 4) is 0 Å². The van der Waals surface area contributed by atoms with E-state index >= 15 is 0 Å². The van der Waals surface area contributed by atoms with Crippen LogP contribution in [0.4, 0.5) is 0 Å². The van der Waals surface area contributed by atoms with E-state index in [-0.39, 0.29) is 25.9 Å². The lowest BCUT2D eigenvalue weighted by molar-refractivity contribution is -0.366. The molecule has 0 unspecified atom stereocenters. The minimum Gasteiger partial charge on any atom is -0.394 e. The van der Waals surface area contributed by atoms with Crippen LogP contribution in [-0.2, 0) is 47.6 Å². The highest BCUT2D eigenvalue weighted by Gasteiger charge is 2.52. The van der Waals surface area contributed by atoms with Crippen molar-refractivity contribution in [2.75, 3.05) is 26.4 Å². The van der Waals surface area contributed by atoms with Gasteiger partial charge in [-0.15, -0.1) is 5.06 Å². The molecule has 0 radical (unpaired) electrons. The van der Waals surface area contributed by atoms with Gasteiger partial charge in [0, 0.05) is 25.9 Å². The summed E-state index contributed by atoms with van der Waals surface area (Å²) in [5.74, 6) is -1.76. The van der Waals surface area contributed by atoms with E-state index in [9.17, 15) is 65.4 Å². The van der Waals surface area contributed by atoms with Crippen LogP contribution in [0.5, 0.6) is 0 Å². The number of hydrogen-bond donors (Lipinski definition) is 10. The number of aliphatic hydroxyl groups is 10. The smallest absolute Gasteiger partial charge is 0.333 e. The number of nitrogens with zero attached hydrogens (tertiary/aromatic N) is 1. The molecule has 4 rings (SSSR count). The van der Waals surface area contributed by atoms with Gasteiger partial charge in [0.15, 0.2) is 18.9 Å². The van der Waals surface area contributed by atoms with E-state index < -0.39 is 130 Å². The number of amides is 2. The number of unbranched alkanes of at least 4 members (excludes halogenated alkanes) is 5. The van der Waals surface area contributed by atoms with Crippen LogP contribution in [0.25, 0.3) is 0 Å². The number of rotatable bonds is 18. The molecular formula is C31H51NO20. The van der Waals surface area contributed by atoms with Gasteiger partial charge in [-0.2, -0.15) is 0 Å². The molecule has 4 heterocycles. The van der Waals surface area contributed by atoms with Gasteiger partial charge in [0.1, 0.15) is 73.2 Å². The van der Waals surface area contributed by atoms with E-state index in [0.717, 1.165) is 12.8 Å². The van der Waals surface area contributed by atoms with E-state index in [4.69, 9.17) is 33.3 Å². The second-order valence-corrected chi connectivity index (χ2v) is 13.1. The molecule has 4 fully saturated rings. The summed E-state index contributed by atoms with van der Waals surface area (Å²) in [7, 11) is 0. The zero-order chi connectivity index (χ0) is 38.1. The summed E-state index contributed by atoms with van der Waals surface area (Å²) in [5, 5.41) is 103. The average molecular weight is 758 g/mol. The van der Waals surface area contributed by atoms with Crippen molar-refractivity contribution in [1.82, 2.24) is 5.06 Å². The molecular weight excluding hydrogens is 706 g/mol. The van der Waals surface area contributed by atoms with Gasteiger partial charge >= 0.3 is 5.97 Å². The molecule has 21 nitrogen and oxygen atoms in total. The molecule has 0 bridgehead atoms. The first-order valence-corrected chi connectivity index (χ1v) is 17.4. The molecule has 4 aliphatic rings. The van der Waals surface area contributed by atoms with Crippen LogP contribution in [-0.4, -0.2) is 192 Å². The molecule has 0 saturated carbocycles. The Labute approximate surface area is 298 Å². The van der Waals surface area contributed by atoms with Gasteiger partial charge in [-0.3, -0.25) is 9.59 Å². The number of ether oxygens (including phenoxy) is 6. The average Bonchev–Trinajstić information content (AvgIpc) is 3.44. The SMILES string of the molecule is O=C(CCCCCCCCO[C@H]1O[C@H](CO[C@H]2O[C@H](CO)[C@@H](O)[C@H](O)[C@@H]2O)[C@@H](O)[C@H](O[C@H]2O[C@H](CO)[C@@H](O)[C@H](O)[C@@H]2O)[C@@H]1O)ON1C(=O)CCC1=O. The second-order valence-electron chi connectivity index (χ2n) is 13.1. The third kappa shape index (κ3) is 10.6. The number of carbonyl (C=O) groups is 3. The van der Waals surface area contributed by atoms with Gasteiger partial charge in [-0.25, -0.2) is 4.79 Å².